The number of benzene rings is 1. The highest BCUT2D eigenvalue weighted by atomic mass is 19.4. The van der Waals surface area contributed by atoms with Crippen molar-refractivity contribution in [3.8, 4) is 0 Å². The predicted octanol–water partition coefficient (Wildman–Crippen LogP) is 2.35. The smallest absolute Gasteiger partial charge is 0.419 e. The highest BCUT2D eigenvalue weighted by Gasteiger charge is 2.34. The zero-order chi connectivity index (χ0) is 13.2. The fourth-order valence-electron chi connectivity index (χ4n) is 1.25. The number of carboxylic acids is 1. The molecule has 1 atom stereocenters. The van der Waals surface area contributed by atoms with E-state index in [0.717, 1.165) is 6.07 Å². The lowest BCUT2D eigenvalue weighted by Gasteiger charge is -2.12. The Morgan fingerprint density at radius 3 is 2.35 bits per heavy atom. The van der Waals surface area contributed by atoms with Crippen molar-refractivity contribution in [2.24, 2.45) is 0 Å². The van der Waals surface area contributed by atoms with Crippen LogP contribution in [0.1, 0.15) is 23.7 Å². The number of aliphatic hydroxyl groups is 1. The van der Waals surface area contributed by atoms with Crippen LogP contribution in [0.15, 0.2) is 18.2 Å². The Morgan fingerprint density at radius 1 is 1.35 bits per heavy atom. The Kier molecular flexibility index (Phi) is 3.72. The molecule has 1 rings (SSSR count). The molecule has 0 heterocycles. The number of hydrogen-bond donors (Lipinski definition) is 2. The number of carbonyl (C=O) groups is 1. The van der Waals surface area contributed by atoms with Crippen molar-refractivity contribution in [1.82, 2.24) is 0 Å². The molecular formula is C10H8F4O3. The van der Waals surface area contributed by atoms with Crippen LogP contribution in [-0.4, -0.2) is 16.2 Å². The van der Waals surface area contributed by atoms with E-state index in [1.165, 1.54) is 0 Å². The third-order valence-corrected chi connectivity index (χ3v) is 2.05. The van der Waals surface area contributed by atoms with E-state index >= 15 is 0 Å². The highest BCUT2D eigenvalue weighted by Crippen LogP contribution is 2.32. The molecule has 1 aromatic carbocycles. The number of carboxylic acid groups (broad SMARTS) is 1. The van der Waals surface area contributed by atoms with E-state index in [1.807, 2.05) is 0 Å². The van der Waals surface area contributed by atoms with Gasteiger partial charge in [0.2, 0.25) is 0 Å². The van der Waals surface area contributed by atoms with Gasteiger partial charge in [-0.05, 0) is 17.7 Å². The van der Waals surface area contributed by atoms with Gasteiger partial charge in [-0.1, -0.05) is 6.07 Å². The summed E-state index contributed by atoms with van der Waals surface area (Å²) in [6.07, 6.45) is -7.06. The number of hydrogen-bond acceptors (Lipinski definition) is 2. The van der Waals surface area contributed by atoms with Crippen LogP contribution in [0.5, 0.6) is 0 Å². The number of aliphatic hydroxyl groups excluding tert-OH is 1. The lowest BCUT2D eigenvalue weighted by Crippen LogP contribution is -2.10. The van der Waals surface area contributed by atoms with Crippen molar-refractivity contribution in [2.75, 3.05) is 0 Å². The maximum atomic E-state index is 13.1. The molecule has 17 heavy (non-hydrogen) atoms. The van der Waals surface area contributed by atoms with Gasteiger partial charge in [-0.25, -0.2) is 4.39 Å². The van der Waals surface area contributed by atoms with Crippen LogP contribution in [0.3, 0.4) is 0 Å². The van der Waals surface area contributed by atoms with Crippen LogP contribution in [0.2, 0.25) is 0 Å². The quantitative estimate of drug-likeness (QED) is 0.812. The largest absolute Gasteiger partial charge is 0.481 e. The van der Waals surface area contributed by atoms with Gasteiger partial charge >= 0.3 is 12.1 Å². The summed E-state index contributed by atoms with van der Waals surface area (Å²) in [6.45, 7) is 0. The molecule has 0 aliphatic carbocycles. The van der Waals surface area contributed by atoms with Gasteiger partial charge in [-0.15, -0.1) is 0 Å². The Bertz CT molecular complexity index is 428. The molecule has 0 saturated carbocycles. The summed E-state index contributed by atoms with van der Waals surface area (Å²) < 4.78 is 49.7. The number of aliphatic carboxylic acids is 1. The van der Waals surface area contributed by atoms with Crippen LogP contribution in [0.4, 0.5) is 17.6 Å². The van der Waals surface area contributed by atoms with Gasteiger partial charge in [0.15, 0.2) is 0 Å². The third kappa shape index (κ3) is 3.42. The molecule has 94 valence electrons. The maximum absolute atomic E-state index is 13.1. The number of halogens is 4. The van der Waals surface area contributed by atoms with Gasteiger partial charge in [0, 0.05) is 0 Å². The zero-order valence-corrected chi connectivity index (χ0v) is 8.33. The fourth-order valence-corrected chi connectivity index (χ4v) is 1.25. The summed E-state index contributed by atoms with van der Waals surface area (Å²) in [4.78, 5) is 10.3. The molecule has 0 amide bonds. The zero-order valence-electron chi connectivity index (χ0n) is 8.33. The molecule has 7 heteroatoms. The van der Waals surface area contributed by atoms with Crippen molar-refractivity contribution < 1.29 is 32.6 Å². The Balaban J connectivity index is 3.00. The molecule has 0 bridgehead atoms. The molecule has 0 aliphatic heterocycles. The lowest BCUT2D eigenvalue weighted by molar-refractivity contribution is -0.141. The minimum absolute atomic E-state index is 0.210. The van der Waals surface area contributed by atoms with Crippen molar-refractivity contribution in [1.29, 1.82) is 0 Å². The third-order valence-electron chi connectivity index (χ3n) is 2.05. The number of rotatable bonds is 3. The molecular weight excluding hydrogens is 244 g/mol. The first-order valence-electron chi connectivity index (χ1n) is 4.48. The van der Waals surface area contributed by atoms with Gasteiger partial charge in [-0.3, -0.25) is 4.79 Å². The summed E-state index contributed by atoms with van der Waals surface area (Å²) >= 11 is 0. The van der Waals surface area contributed by atoms with Crippen molar-refractivity contribution in [3.05, 3.63) is 35.1 Å². The molecule has 1 aromatic rings. The maximum Gasteiger partial charge on any atom is 0.419 e. The molecule has 2 N–H and O–H groups in total. The van der Waals surface area contributed by atoms with E-state index in [0.29, 0.717) is 12.1 Å². The molecule has 0 fully saturated rings. The van der Waals surface area contributed by atoms with Crippen LogP contribution in [0.25, 0.3) is 0 Å². The molecule has 0 spiro atoms. The van der Waals surface area contributed by atoms with Crippen LogP contribution in [-0.2, 0) is 11.0 Å². The Hall–Kier alpha value is -1.63. The summed E-state index contributed by atoms with van der Waals surface area (Å²) in [5.41, 5.74) is -1.67. The van der Waals surface area contributed by atoms with E-state index in [4.69, 9.17) is 5.11 Å². The van der Waals surface area contributed by atoms with E-state index in [9.17, 15) is 27.5 Å². The standard InChI is InChI=1S/C10H8F4O3/c11-7-3-5(8(15)4-9(16)17)1-2-6(7)10(12,13)14/h1-3,8,15H,4H2,(H,16,17)/t8-/m0/s1. The van der Waals surface area contributed by atoms with Crippen molar-refractivity contribution in [2.45, 2.75) is 18.7 Å². The van der Waals surface area contributed by atoms with Gasteiger partial charge < -0.3 is 10.2 Å². The van der Waals surface area contributed by atoms with Crippen LogP contribution in [0, 0.1) is 5.82 Å². The molecule has 0 aliphatic rings. The molecule has 0 saturated heterocycles. The first-order valence-corrected chi connectivity index (χ1v) is 4.48. The number of alkyl halides is 3. The topological polar surface area (TPSA) is 57.5 Å². The van der Waals surface area contributed by atoms with Gasteiger partial charge in [0.25, 0.3) is 0 Å². The summed E-state index contributed by atoms with van der Waals surface area (Å²) in [7, 11) is 0. The lowest BCUT2D eigenvalue weighted by atomic mass is 10.0. The Labute approximate surface area is 93.3 Å². The van der Waals surface area contributed by atoms with Gasteiger partial charge in [-0.2, -0.15) is 13.2 Å². The molecule has 3 nitrogen and oxygen atoms in total. The average Bonchev–Trinajstić information content (AvgIpc) is 2.14. The van der Waals surface area contributed by atoms with Crippen molar-refractivity contribution >= 4 is 5.97 Å². The fraction of sp³-hybridized carbons (Fsp3) is 0.300. The predicted molar refractivity (Wildman–Crippen MR) is 48.6 cm³/mol. The minimum atomic E-state index is -4.82. The monoisotopic (exact) mass is 252 g/mol. The van der Waals surface area contributed by atoms with E-state index in [-0.39, 0.29) is 5.56 Å². The highest BCUT2D eigenvalue weighted by molar-refractivity contribution is 5.67. The summed E-state index contributed by atoms with van der Waals surface area (Å²) in [5, 5.41) is 17.6. The summed E-state index contributed by atoms with van der Waals surface area (Å²) in [6, 6.07) is 1.80. The summed E-state index contributed by atoms with van der Waals surface area (Å²) in [5.74, 6) is -2.88. The van der Waals surface area contributed by atoms with E-state index in [1.54, 1.807) is 0 Å². The van der Waals surface area contributed by atoms with Crippen LogP contribution < -0.4 is 0 Å². The van der Waals surface area contributed by atoms with E-state index < -0.39 is 36.1 Å². The van der Waals surface area contributed by atoms with E-state index in [2.05, 4.69) is 0 Å². The average molecular weight is 252 g/mol. The first kappa shape index (κ1) is 13.4. The second kappa shape index (κ2) is 4.70. The van der Waals surface area contributed by atoms with Crippen LogP contribution >= 0.6 is 0 Å². The van der Waals surface area contributed by atoms with Gasteiger partial charge in [0.1, 0.15) is 5.82 Å². The van der Waals surface area contributed by atoms with Crippen molar-refractivity contribution in [3.63, 3.8) is 0 Å². The normalized spacial score (nSPS) is 13.5. The first-order chi connectivity index (χ1) is 7.71. The molecule has 0 unspecified atom stereocenters. The SMILES string of the molecule is O=C(O)C[C@H](O)c1ccc(C(F)(F)F)c(F)c1. The second-order valence-corrected chi connectivity index (χ2v) is 3.35. The molecule has 0 aromatic heterocycles. The van der Waals surface area contributed by atoms with Gasteiger partial charge in [0.05, 0.1) is 18.1 Å². The minimum Gasteiger partial charge on any atom is -0.481 e. The second-order valence-electron chi connectivity index (χ2n) is 3.35. The Morgan fingerprint density at radius 2 is 1.94 bits per heavy atom. The molecule has 0 radical (unpaired) electrons.